The number of thioether (sulfide) groups is 1. The van der Waals surface area contributed by atoms with Crippen molar-refractivity contribution in [3.05, 3.63) is 0 Å². The maximum atomic E-state index is 11.4. The Hall–Kier alpha value is 0.370. The maximum absolute atomic E-state index is 11.4. The Morgan fingerprint density at radius 1 is 1.21 bits per heavy atom. The fourth-order valence-corrected chi connectivity index (χ4v) is 2.95. The molecular formula is C11H22OS2. The van der Waals surface area contributed by atoms with Crippen molar-refractivity contribution in [2.75, 3.05) is 5.75 Å². The van der Waals surface area contributed by atoms with Crippen LogP contribution in [0.25, 0.3) is 0 Å². The van der Waals surface area contributed by atoms with Gasteiger partial charge in [0.2, 0.25) is 0 Å². The first-order chi connectivity index (χ1) is 6.04. The zero-order valence-corrected chi connectivity index (χ0v) is 11.8. The van der Waals surface area contributed by atoms with Crippen LogP contribution >= 0.6 is 24.4 Å². The molecule has 84 valence electrons. The number of carbonyl (C=O) groups excluding carboxylic acids is 1. The Balaban J connectivity index is 4.35. The van der Waals surface area contributed by atoms with Crippen molar-refractivity contribution >= 4 is 29.5 Å². The van der Waals surface area contributed by atoms with Gasteiger partial charge in [-0.2, -0.15) is 11.8 Å². The lowest BCUT2D eigenvalue weighted by Gasteiger charge is -2.30. The summed E-state index contributed by atoms with van der Waals surface area (Å²) in [5.41, 5.74) is 0.0110. The second-order valence-corrected chi connectivity index (χ2v) is 7.97. The van der Waals surface area contributed by atoms with E-state index in [1.807, 2.05) is 11.8 Å². The molecule has 0 heterocycles. The lowest BCUT2D eigenvalue weighted by molar-refractivity contribution is -0.116. The van der Waals surface area contributed by atoms with Gasteiger partial charge in [0, 0.05) is 16.4 Å². The van der Waals surface area contributed by atoms with Crippen LogP contribution < -0.4 is 0 Å². The minimum Gasteiger partial charge on any atom is -0.287 e. The van der Waals surface area contributed by atoms with Gasteiger partial charge in [0.15, 0.2) is 5.12 Å². The molecule has 0 fully saturated rings. The van der Waals surface area contributed by atoms with Crippen LogP contribution in [0.2, 0.25) is 0 Å². The van der Waals surface area contributed by atoms with E-state index < -0.39 is 0 Å². The highest BCUT2D eigenvalue weighted by molar-refractivity contribution is 8.01. The summed E-state index contributed by atoms with van der Waals surface area (Å²) < 4.78 is 0.215. The molecule has 0 aromatic heterocycles. The summed E-state index contributed by atoms with van der Waals surface area (Å²) in [5, 5.41) is 0.00856. The second-order valence-electron chi connectivity index (χ2n) is 5.68. The molecule has 14 heavy (non-hydrogen) atoms. The Morgan fingerprint density at radius 3 is 1.86 bits per heavy atom. The molecule has 1 unspecified atom stereocenters. The molecule has 1 atom stereocenters. The monoisotopic (exact) mass is 234 g/mol. The van der Waals surface area contributed by atoms with Crippen LogP contribution in [0.15, 0.2) is 0 Å². The van der Waals surface area contributed by atoms with Crippen LogP contribution in [-0.4, -0.2) is 15.6 Å². The van der Waals surface area contributed by atoms with Crippen LogP contribution in [0.3, 0.4) is 0 Å². The minimum atomic E-state index is 0.00856. The number of carbonyl (C=O) groups is 1. The van der Waals surface area contributed by atoms with Crippen LogP contribution in [0, 0.1) is 11.3 Å². The molecule has 0 N–H and O–H groups in total. The van der Waals surface area contributed by atoms with Gasteiger partial charge in [0.05, 0.1) is 0 Å². The first-order valence-electron chi connectivity index (χ1n) is 4.91. The summed E-state index contributed by atoms with van der Waals surface area (Å²) in [4.78, 5) is 11.4. The van der Waals surface area contributed by atoms with Crippen LogP contribution in [0.4, 0.5) is 0 Å². The summed E-state index contributed by atoms with van der Waals surface area (Å²) in [5.74, 6) is 0.894. The van der Waals surface area contributed by atoms with E-state index in [1.165, 1.54) is 0 Å². The number of hydrogen-bond acceptors (Lipinski definition) is 2. The molecule has 0 aromatic rings. The SMILES string of the molecule is CC(C)(C)SCC(C(=O)S)C(C)(C)C. The zero-order chi connectivity index (χ0) is 11.6. The summed E-state index contributed by atoms with van der Waals surface area (Å²) in [6, 6.07) is 0. The normalized spacial score (nSPS) is 15.4. The topological polar surface area (TPSA) is 17.1 Å². The van der Waals surface area contributed by atoms with E-state index in [2.05, 4.69) is 54.2 Å². The third-order valence-electron chi connectivity index (χ3n) is 2.03. The van der Waals surface area contributed by atoms with Gasteiger partial charge < -0.3 is 0 Å². The second kappa shape index (κ2) is 4.93. The fourth-order valence-electron chi connectivity index (χ4n) is 1.03. The average Bonchev–Trinajstić information content (AvgIpc) is 1.79. The van der Waals surface area contributed by atoms with Crippen molar-refractivity contribution in [2.45, 2.75) is 46.3 Å². The summed E-state index contributed by atoms with van der Waals surface area (Å²) in [6.07, 6.45) is 0. The Bertz CT molecular complexity index is 198. The van der Waals surface area contributed by atoms with Crippen molar-refractivity contribution in [1.29, 1.82) is 0 Å². The smallest absolute Gasteiger partial charge is 0.190 e. The number of hydrogen-bond donors (Lipinski definition) is 1. The molecule has 0 saturated heterocycles. The van der Waals surface area contributed by atoms with E-state index in [9.17, 15) is 4.79 Å². The molecular weight excluding hydrogens is 212 g/mol. The van der Waals surface area contributed by atoms with Crippen molar-refractivity contribution < 1.29 is 4.79 Å². The third-order valence-corrected chi connectivity index (χ3v) is 3.70. The molecule has 0 saturated carbocycles. The fraction of sp³-hybridized carbons (Fsp3) is 0.909. The van der Waals surface area contributed by atoms with Crippen molar-refractivity contribution in [3.63, 3.8) is 0 Å². The van der Waals surface area contributed by atoms with Gasteiger partial charge in [-0.05, 0) is 5.41 Å². The highest BCUT2D eigenvalue weighted by Gasteiger charge is 2.30. The van der Waals surface area contributed by atoms with Gasteiger partial charge >= 0.3 is 0 Å². The van der Waals surface area contributed by atoms with E-state index in [0.717, 1.165) is 5.75 Å². The summed E-state index contributed by atoms with van der Waals surface area (Å²) in [7, 11) is 0. The van der Waals surface area contributed by atoms with Gasteiger partial charge in [-0.25, -0.2) is 0 Å². The first kappa shape index (κ1) is 14.4. The molecule has 0 bridgehead atoms. The third kappa shape index (κ3) is 5.97. The van der Waals surface area contributed by atoms with Gasteiger partial charge in [-0.1, -0.05) is 41.5 Å². The molecule has 0 amide bonds. The first-order valence-corrected chi connectivity index (χ1v) is 6.34. The highest BCUT2D eigenvalue weighted by atomic mass is 32.2. The van der Waals surface area contributed by atoms with Crippen LogP contribution in [0.5, 0.6) is 0 Å². The number of thiol groups is 1. The van der Waals surface area contributed by atoms with Crippen molar-refractivity contribution in [3.8, 4) is 0 Å². The predicted octanol–water partition coefficient (Wildman–Crippen LogP) is 3.64. The van der Waals surface area contributed by atoms with E-state index in [1.54, 1.807) is 0 Å². The predicted molar refractivity (Wildman–Crippen MR) is 69.1 cm³/mol. The average molecular weight is 234 g/mol. The van der Waals surface area contributed by atoms with E-state index in [-0.39, 0.29) is 21.2 Å². The molecule has 0 aliphatic heterocycles. The minimum absolute atomic E-state index is 0.00856. The van der Waals surface area contributed by atoms with Gasteiger partial charge in [-0.3, -0.25) is 4.79 Å². The molecule has 0 radical (unpaired) electrons. The Morgan fingerprint density at radius 2 is 1.64 bits per heavy atom. The van der Waals surface area contributed by atoms with Crippen molar-refractivity contribution in [2.24, 2.45) is 11.3 Å². The quantitative estimate of drug-likeness (QED) is 0.751. The maximum Gasteiger partial charge on any atom is 0.190 e. The molecule has 0 rings (SSSR count). The molecule has 1 nitrogen and oxygen atoms in total. The molecule has 0 aliphatic rings. The zero-order valence-electron chi connectivity index (χ0n) is 10.0. The van der Waals surface area contributed by atoms with E-state index in [0.29, 0.717) is 0 Å². The molecule has 0 spiro atoms. The van der Waals surface area contributed by atoms with Crippen LogP contribution in [-0.2, 0) is 4.79 Å². The lowest BCUT2D eigenvalue weighted by atomic mass is 9.83. The van der Waals surface area contributed by atoms with Crippen LogP contribution in [0.1, 0.15) is 41.5 Å². The van der Waals surface area contributed by atoms with Gasteiger partial charge in [0.1, 0.15) is 0 Å². The molecule has 0 aliphatic carbocycles. The highest BCUT2D eigenvalue weighted by Crippen LogP contribution is 2.34. The standard InChI is InChI=1S/C11H22OS2/c1-10(2,3)8(9(12)13)7-14-11(4,5)6/h8H,7H2,1-6H3,(H,12,13). The molecule has 0 aromatic carbocycles. The van der Waals surface area contributed by atoms with Crippen molar-refractivity contribution in [1.82, 2.24) is 0 Å². The Kier molecular flexibility index (Phi) is 5.06. The summed E-state index contributed by atoms with van der Waals surface area (Å²) >= 11 is 5.79. The summed E-state index contributed by atoms with van der Waals surface area (Å²) in [6.45, 7) is 12.8. The van der Waals surface area contributed by atoms with E-state index >= 15 is 0 Å². The van der Waals surface area contributed by atoms with Gasteiger partial charge in [-0.15, -0.1) is 12.6 Å². The largest absolute Gasteiger partial charge is 0.287 e. The Labute approximate surface area is 97.8 Å². The lowest BCUT2D eigenvalue weighted by Crippen LogP contribution is -2.29. The number of rotatable bonds is 3. The van der Waals surface area contributed by atoms with Gasteiger partial charge in [0.25, 0.3) is 0 Å². The molecule has 3 heteroatoms. The van der Waals surface area contributed by atoms with E-state index in [4.69, 9.17) is 0 Å².